The van der Waals surface area contributed by atoms with E-state index in [1.165, 1.54) is 6.42 Å². The van der Waals surface area contributed by atoms with Crippen molar-refractivity contribution in [2.45, 2.75) is 51.5 Å². The molecule has 1 aromatic rings. The van der Waals surface area contributed by atoms with Crippen molar-refractivity contribution >= 4 is 11.8 Å². The summed E-state index contributed by atoms with van der Waals surface area (Å²) in [5.41, 5.74) is 1.27. The standard InChI is InChI=1S/C17H24N4O2/c1-12(22)21-7-3-4-13(11-21)8-15-9-19-16(10-18-15)17(23)20-14-5-2-6-14/h9-10,13-14H,2-8,11H2,1H3,(H,20,23). The molecule has 0 aromatic carbocycles. The van der Waals surface area contributed by atoms with Crippen LogP contribution in [0.5, 0.6) is 0 Å². The Labute approximate surface area is 136 Å². The Morgan fingerprint density at radius 3 is 2.65 bits per heavy atom. The van der Waals surface area contributed by atoms with Crippen LogP contribution >= 0.6 is 0 Å². The predicted octanol–water partition coefficient (Wildman–Crippen LogP) is 1.56. The molecule has 124 valence electrons. The van der Waals surface area contributed by atoms with Gasteiger partial charge >= 0.3 is 0 Å². The highest BCUT2D eigenvalue weighted by atomic mass is 16.2. The number of hydrogen-bond acceptors (Lipinski definition) is 4. The average molecular weight is 316 g/mol. The highest BCUT2D eigenvalue weighted by Crippen LogP contribution is 2.20. The van der Waals surface area contributed by atoms with Crippen molar-refractivity contribution in [1.29, 1.82) is 0 Å². The summed E-state index contributed by atoms with van der Waals surface area (Å²) in [6.45, 7) is 3.27. The molecule has 2 heterocycles. The van der Waals surface area contributed by atoms with Crippen LogP contribution in [-0.4, -0.2) is 45.8 Å². The third-order valence-electron chi connectivity index (χ3n) is 4.84. The second kappa shape index (κ2) is 7.06. The molecule has 0 spiro atoms. The van der Waals surface area contributed by atoms with Crippen molar-refractivity contribution in [1.82, 2.24) is 20.2 Å². The number of nitrogens with zero attached hydrogens (tertiary/aromatic N) is 3. The summed E-state index contributed by atoms with van der Waals surface area (Å²) in [6.07, 6.45) is 9.53. The quantitative estimate of drug-likeness (QED) is 0.914. The van der Waals surface area contributed by atoms with Crippen molar-refractivity contribution in [3.63, 3.8) is 0 Å². The molecule has 1 atom stereocenters. The molecule has 3 rings (SSSR count). The van der Waals surface area contributed by atoms with Crippen LogP contribution in [0, 0.1) is 5.92 Å². The zero-order chi connectivity index (χ0) is 16.2. The van der Waals surface area contributed by atoms with E-state index in [0.29, 0.717) is 17.7 Å². The minimum atomic E-state index is -0.130. The molecule has 1 aromatic heterocycles. The van der Waals surface area contributed by atoms with Gasteiger partial charge in [0.15, 0.2) is 0 Å². The second-order valence-corrected chi connectivity index (χ2v) is 6.67. The average Bonchev–Trinajstić information content (AvgIpc) is 2.51. The van der Waals surface area contributed by atoms with Gasteiger partial charge < -0.3 is 10.2 Å². The van der Waals surface area contributed by atoms with Crippen molar-refractivity contribution in [2.24, 2.45) is 5.92 Å². The lowest BCUT2D eigenvalue weighted by atomic mass is 9.93. The van der Waals surface area contributed by atoms with Gasteiger partial charge in [0.05, 0.1) is 11.9 Å². The number of rotatable bonds is 4. The van der Waals surface area contributed by atoms with Crippen LogP contribution in [-0.2, 0) is 11.2 Å². The number of aromatic nitrogens is 2. The van der Waals surface area contributed by atoms with Gasteiger partial charge in [0.25, 0.3) is 5.91 Å². The maximum absolute atomic E-state index is 12.0. The molecule has 1 saturated heterocycles. The van der Waals surface area contributed by atoms with Gasteiger partial charge in [-0.15, -0.1) is 0 Å². The SMILES string of the molecule is CC(=O)N1CCCC(Cc2cnc(C(=O)NC3CCC3)cn2)C1. The van der Waals surface area contributed by atoms with Crippen LogP contribution in [0.25, 0.3) is 0 Å². The Hall–Kier alpha value is -1.98. The van der Waals surface area contributed by atoms with Crippen LogP contribution in [0.1, 0.15) is 55.2 Å². The molecule has 0 radical (unpaired) electrons. The Bertz CT molecular complexity index is 568. The first-order valence-corrected chi connectivity index (χ1v) is 8.49. The fourth-order valence-corrected chi connectivity index (χ4v) is 3.20. The van der Waals surface area contributed by atoms with Crippen molar-refractivity contribution < 1.29 is 9.59 Å². The maximum Gasteiger partial charge on any atom is 0.271 e. The van der Waals surface area contributed by atoms with E-state index in [-0.39, 0.29) is 11.8 Å². The number of piperidine rings is 1. The molecule has 1 unspecified atom stereocenters. The first-order valence-electron chi connectivity index (χ1n) is 8.49. The Morgan fingerprint density at radius 1 is 1.22 bits per heavy atom. The predicted molar refractivity (Wildman–Crippen MR) is 85.8 cm³/mol. The molecule has 1 saturated carbocycles. The Morgan fingerprint density at radius 2 is 2.04 bits per heavy atom. The van der Waals surface area contributed by atoms with Crippen molar-refractivity contribution in [3.8, 4) is 0 Å². The summed E-state index contributed by atoms with van der Waals surface area (Å²) in [7, 11) is 0. The van der Waals surface area contributed by atoms with Crippen LogP contribution < -0.4 is 5.32 Å². The normalized spacial score (nSPS) is 21.6. The molecule has 6 nitrogen and oxygen atoms in total. The molecule has 23 heavy (non-hydrogen) atoms. The number of nitrogens with one attached hydrogen (secondary N) is 1. The Kier molecular flexibility index (Phi) is 4.88. The number of carbonyl (C=O) groups is 2. The van der Waals surface area contributed by atoms with Crippen LogP contribution in [0.2, 0.25) is 0 Å². The van der Waals surface area contributed by atoms with E-state index in [0.717, 1.165) is 50.9 Å². The third-order valence-corrected chi connectivity index (χ3v) is 4.84. The van der Waals surface area contributed by atoms with Crippen molar-refractivity contribution in [2.75, 3.05) is 13.1 Å². The van der Waals surface area contributed by atoms with Gasteiger partial charge in [-0.3, -0.25) is 14.6 Å². The van der Waals surface area contributed by atoms with Gasteiger partial charge in [-0.25, -0.2) is 4.98 Å². The van der Waals surface area contributed by atoms with Crippen LogP contribution in [0.15, 0.2) is 12.4 Å². The second-order valence-electron chi connectivity index (χ2n) is 6.67. The van der Waals surface area contributed by atoms with Gasteiger partial charge in [0.2, 0.25) is 5.91 Å². The molecule has 1 N–H and O–H groups in total. The fraction of sp³-hybridized carbons (Fsp3) is 0.647. The van der Waals surface area contributed by atoms with E-state index in [9.17, 15) is 9.59 Å². The lowest BCUT2D eigenvalue weighted by Crippen LogP contribution is -2.40. The van der Waals surface area contributed by atoms with Crippen LogP contribution in [0.3, 0.4) is 0 Å². The molecule has 2 amide bonds. The summed E-state index contributed by atoms with van der Waals surface area (Å²) in [5, 5.41) is 2.97. The zero-order valence-corrected chi connectivity index (χ0v) is 13.6. The number of hydrogen-bond donors (Lipinski definition) is 1. The number of amides is 2. The first kappa shape index (κ1) is 15.9. The molecule has 1 aliphatic heterocycles. The molecular weight excluding hydrogens is 292 g/mol. The molecule has 0 bridgehead atoms. The molecule has 6 heteroatoms. The summed E-state index contributed by atoms with van der Waals surface area (Å²) >= 11 is 0. The largest absolute Gasteiger partial charge is 0.348 e. The maximum atomic E-state index is 12.0. The van der Waals surface area contributed by atoms with E-state index < -0.39 is 0 Å². The fourth-order valence-electron chi connectivity index (χ4n) is 3.20. The summed E-state index contributed by atoms with van der Waals surface area (Å²) in [4.78, 5) is 34.0. The highest BCUT2D eigenvalue weighted by molar-refractivity contribution is 5.92. The first-order chi connectivity index (χ1) is 11.1. The lowest BCUT2D eigenvalue weighted by molar-refractivity contribution is -0.130. The summed E-state index contributed by atoms with van der Waals surface area (Å²) in [6, 6.07) is 0.309. The van der Waals surface area contributed by atoms with Gasteiger partial charge in [0, 0.05) is 32.3 Å². The van der Waals surface area contributed by atoms with Crippen LogP contribution in [0.4, 0.5) is 0 Å². The third kappa shape index (κ3) is 4.06. The van der Waals surface area contributed by atoms with E-state index in [1.54, 1.807) is 19.3 Å². The topological polar surface area (TPSA) is 75.2 Å². The van der Waals surface area contributed by atoms with Gasteiger partial charge in [0.1, 0.15) is 5.69 Å². The van der Waals surface area contributed by atoms with Gasteiger partial charge in [-0.05, 0) is 44.4 Å². The summed E-state index contributed by atoms with van der Waals surface area (Å²) < 4.78 is 0. The number of likely N-dealkylation sites (tertiary alicyclic amines) is 1. The van der Waals surface area contributed by atoms with Gasteiger partial charge in [-0.1, -0.05) is 0 Å². The minimum Gasteiger partial charge on any atom is -0.348 e. The van der Waals surface area contributed by atoms with E-state index in [4.69, 9.17) is 0 Å². The van der Waals surface area contributed by atoms with Crippen molar-refractivity contribution in [3.05, 3.63) is 23.8 Å². The molecule has 1 aliphatic carbocycles. The minimum absolute atomic E-state index is 0.130. The van der Waals surface area contributed by atoms with E-state index in [1.807, 2.05) is 4.90 Å². The molecular formula is C17H24N4O2. The smallest absolute Gasteiger partial charge is 0.271 e. The number of carbonyl (C=O) groups excluding carboxylic acids is 2. The summed E-state index contributed by atoms with van der Waals surface area (Å²) in [5.74, 6) is 0.439. The molecule has 2 fully saturated rings. The van der Waals surface area contributed by atoms with E-state index >= 15 is 0 Å². The monoisotopic (exact) mass is 316 g/mol. The zero-order valence-electron chi connectivity index (χ0n) is 13.6. The highest BCUT2D eigenvalue weighted by Gasteiger charge is 2.23. The lowest BCUT2D eigenvalue weighted by Gasteiger charge is -2.31. The van der Waals surface area contributed by atoms with Gasteiger partial charge in [-0.2, -0.15) is 0 Å². The molecule has 2 aliphatic rings. The Balaban J connectivity index is 1.54. The van der Waals surface area contributed by atoms with E-state index in [2.05, 4.69) is 15.3 Å².